The molecule has 0 radical (unpaired) electrons. The fourth-order valence-electron chi connectivity index (χ4n) is 1.99. The van der Waals surface area contributed by atoms with Crippen molar-refractivity contribution in [3.63, 3.8) is 0 Å². The Bertz CT molecular complexity index is 820. The molecule has 0 aliphatic rings. The molecule has 2 aromatic rings. The molecule has 0 atom stereocenters. The van der Waals surface area contributed by atoms with Gasteiger partial charge in [-0.25, -0.2) is 0 Å². The van der Waals surface area contributed by atoms with Crippen molar-refractivity contribution >= 4 is 39.2 Å². The summed E-state index contributed by atoms with van der Waals surface area (Å²) in [5, 5.41) is 24.3. The van der Waals surface area contributed by atoms with Crippen molar-refractivity contribution in [3.8, 4) is 0 Å². The Balaban J connectivity index is 2.31. The first-order valence-electron chi connectivity index (χ1n) is 6.37. The molecule has 0 heterocycles. The summed E-state index contributed by atoms with van der Waals surface area (Å²) in [6.07, 6.45) is 0. The summed E-state index contributed by atoms with van der Waals surface area (Å²) in [4.78, 5) is 33.5. The van der Waals surface area contributed by atoms with Crippen LogP contribution in [0.1, 0.15) is 26.3 Å². The second kappa shape index (κ2) is 6.57. The molecule has 0 saturated carbocycles. The lowest BCUT2D eigenvalue weighted by atomic mass is 10.1. The highest BCUT2D eigenvalue weighted by atomic mass is 79.9. The molecule has 0 aromatic heterocycles. The van der Waals surface area contributed by atoms with Crippen LogP contribution in [-0.4, -0.2) is 16.8 Å². The molecule has 0 aliphatic carbocycles. The molecule has 0 aliphatic heterocycles. The summed E-state index contributed by atoms with van der Waals surface area (Å²) >= 11 is 3.14. The number of hydrogen-bond donors (Lipinski definition) is 1. The van der Waals surface area contributed by atoms with Gasteiger partial charge in [0.05, 0.1) is 16.6 Å². The third kappa shape index (κ3) is 3.72. The summed E-state index contributed by atoms with van der Waals surface area (Å²) in [5.74, 6) is -2.01. The fourth-order valence-corrected chi connectivity index (χ4v) is 2.35. The predicted molar refractivity (Wildman–Crippen MR) is 84.3 cm³/mol. The minimum Gasteiger partial charge on any atom is -0.545 e. The first-order chi connectivity index (χ1) is 10.8. The minimum atomic E-state index is -1.43. The van der Waals surface area contributed by atoms with Gasteiger partial charge in [0.2, 0.25) is 0 Å². The first kappa shape index (κ1) is 16.6. The molecule has 0 fully saturated rings. The van der Waals surface area contributed by atoms with Crippen LogP contribution in [0.4, 0.5) is 11.4 Å². The fraction of sp³-hybridized carbons (Fsp3) is 0.0667. The summed E-state index contributed by atoms with van der Waals surface area (Å²) < 4.78 is 0.529. The van der Waals surface area contributed by atoms with Gasteiger partial charge >= 0.3 is 0 Å². The second-order valence-electron chi connectivity index (χ2n) is 4.69. The van der Waals surface area contributed by atoms with Crippen molar-refractivity contribution in [3.05, 3.63) is 67.7 Å². The molecule has 7 nitrogen and oxygen atoms in total. The lowest BCUT2D eigenvalue weighted by Gasteiger charge is -2.12. The molecule has 2 aromatic carbocycles. The van der Waals surface area contributed by atoms with Crippen LogP contribution in [0.25, 0.3) is 0 Å². The number of nitro groups is 1. The van der Waals surface area contributed by atoms with E-state index in [0.717, 1.165) is 0 Å². The van der Waals surface area contributed by atoms with E-state index < -0.39 is 16.8 Å². The molecule has 2 rings (SSSR count). The highest BCUT2D eigenvalue weighted by molar-refractivity contribution is 9.10. The number of nitrogens with zero attached hydrogens (tertiary/aromatic N) is 1. The normalized spacial score (nSPS) is 10.2. The van der Waals surface area contributed by atoms with Crippen LogP contribution < -0.4 is 10.4 Å². The second-order valence-corrected chi connectivity index (χ2v) is 5.61. The summed E-state index contributed by atoms with van der Waals surface area (Å²) in [5.41, 5.74) is 0.320. The molecular weight excluding hydrogens is 368 g/mol. The van der Waals surface area contributed by atoms with Crippen molar-refractivity contribution in [1.82, 2.24) is 0 Å². The van der Waals surface area contributed by atoms with Gasteiger partial charge in [-0.15, -0.1) is 0 Å². The monoisotopic (exact) mass is 377 g/mol. The Hall–Kier alpha value is -2.74. The highest BCUT2D eigenvalue weighted by Gasteiger charge is 2.15. The molecule has 0 saturated heterocycles. The maximum Gasteiger partial charge on any atom is 0.272 e. The number of carboxylic acid groups (broad SMARTS) is 1. The third-order valence-electron chi connectivity index (χ3n) is 3.11. The van der Waals surface area contributed by atoms with E-state index in [1.165, 1.54) is 37.3 Å². The largest absolute Gasteiger partial charge is 0.545 e. The van der Waals surface area contributed by atoms with E-state index in [1.54, 1.807) is 6.07 Å². The van der Waals surface area contributed by atoms with Gasteiger partial charge < -0.3 is 15.2 Å². The van der Waals surface area contributed by atoms with E-state index in [0.29, 0.717) is 10.0 Å². The zero-order valence-corrected chi connectivity index (χ0v) is 13.4. The van der Waals surface area contributed by atoms with Crippen LogP contribution in [0.15, 0.2) is 40.9 Å². The lowest BCUT2D eigenvalue weighted by molar-refractivity contribution is -0.385. The SMILES string of the molecule is Cc1cc(C(=O)Nc2ccc(Br)cc2C(=O)[O-])ccc1[N+](=O)[O-]. The average molecular weight is 378 g/mol. The standard InChI is InChI=1S/C15H11BrN2O5/c1-8-6-9(2-5-13(8)18(22)23)14(19)17-12-4-3-10(16)7-11(12)15(20)21/h2-7H,1H3,(H,17,19)(H,20,21)/p-1. The number of aromatic carboxylic acids is 1. The number of nitro benzene ring substituents is 1. The molecule has 0 bridgehead atoms. The maximum atomic E-state index is 12.2. The summed E-state index contributed by atoms with van der Waals surface area (Å²) in [6, 6.07) is 8.20. The summed E-state index contributed by atoms with van der Waals surface area (Å²) in [6.45, 7) is 1.52. The third-order valence-corrected chi connectivity index (χ3v) is 3.60. The Morgan fingerprint density at radius 3 is 2.43 bits per heavy atom. The maximum absolute atomic E-state index is 12.2. The number of carbonyl (C=O) groups excluding carboxylic acids is 2. The van der Waals surface area contributed by atoms with Crippen LogP contribution in [-0.2, 0) is 0 Å². The van der Waals surface area contributed by atoms with Gasteiger partial charge in [-0.2, -0.15) is 0 Å². The van der Waals surface area contributed by atoms with Crippen molar-refractivity contribution in [2.24, 2.45) is 0 Å². The lowest BCUT2D eigenvalue weighted by Crippen LogP contribution is -2.25. The van der Waals surface area contributed by atoms with Gasteiger partial charge in [-0.05, 0) is 37.3 Å². The molecule has 0 spiro atoms. The molecular formula is C15H10BrN2O5-. The molecule has 1 N–H and O–H groups in total. The Morgan fingerprint density at radius 1 is 1.17 bits per heavy atom. The Kier molecular flexibility index (Phi) is 4.75. The van der Waals surface area contributed by atoms with Crippen LogP contribution >= 0.6 is 15.9 Å². The number of rotatable bonds is 4. The minimum absolute atomic E-state index is 0.0780. The van der Waals surface area contributed by atoms with Gasteiger partial charge in [0, 0.05) is 27.2 Å². The van der Waals surface area contributed by atoms with Gasteiger partial charge in [0.1, 0.15) is 0 Å². The first-order valence-corrected chi connectivity index (χ1v) is 7.16. The van der Waals surface area contributed by atoms with Gasteiger partial charge in [0.15, 0.2) is 0 Å². The van der Waals surface area contributed by atoms with E-state index in [9.17, 15) is 24.8 Å². The van der Waals surface area contributed by atoms with E-state index in [4.69, 9.17) is 0 Å². The number of aryl methyl sites for hydroxylation is 1. The molecule has 1 amide bonds. The van der Waals surface area contributed by atoms with Crippen molar-refractivity contribution < 1.29 is 19.6 Å². The van der Waals surface area contributed by atoms with Crippen LogP contribution in [0, 0.1) is 17.0 Å². The number of carbonyl (C=O) groups is 2. The molecule has 8 heteroatoms. The van der Waals surface area contributed by atoms with Crippen molar-refractivity contribution in [2.45, 2.75) is 6.92 Å². The van der Waals surface area contributed by atoms with Crippen molar-refractivity contribution in [1.29, 1.82) is 0 Å². The Morgan fingerprint density at radius 2 is 1.87 bits per heavy atom. The topological polar surface area (TPSA) is 112 Å². The number of carboxylic acids is 1. The van der Waals surface area contributed by atoms with Gasteiger partial charge in [0.25, 0.3) is 11.6 Å². The van der Waals surface area contributed by atoms with E-state index in [-0.39, 0.29) is 22.5 Å². The van der Waals surface area contributed by atoms with E-state index in [1.807, 2.05) is 0 Å². The van der Waals surface area contributed by atoms with E-state index in [2.05, 4.69) is 21.2 Å². The van der Waals surface area contributed by atoms with Gasteiger partial charge in [-0.3, -0.25) is 14.9 Å². The quantitative estimate of drug-likeness (QED) is 0.648. The Labute approximate surface area is 139 Å². The van der Waals surface area contributed by atoms with E-state index >= 15 is 0 Å². The van der Waals surface area contributed by atoms with Crippen LogP contribution in [0.3, 0.4) is 0 Å². The molecule has 118 valence electrons. The smallest absolute Gasteiger partial charge is 0.272 e. The molecule has 0 unspecified atom stereocenters. The number of hydrogen-bond acceptors (Lipinski definition) is 5. The number of benzene rings is 2. The zero-order valence-electron chi connectivity index (χ0n) is 11.8. The van der Waals surface area contributed by atoms with Gasteiger partial charge in [-0.1, -0.05) is 15.9 Å². The molecule has 23 heavy (non-hydrogen) atoms. The van der Waals surface area contributed by atoms with Crippen LogP contribution in [0.2, 0.25) is 0 Å². The number of nitrogens with one attached hydrogen (secondary N) is 1. The highest BCUT2D eigenvalue weighted by Crippen LogP contribution is 2.23. The number of halogens is 1. The van der Waals surface area contributed by atoms with Crippen LogP contribution in [0.5, 0.6) is 0 Å². The number of anilines is 1. The summed E-state index contributed by atoms with van der Waals surface area (Å²) in [7, 11) is 0. The average Bonchev–Trinajstić information content (AvgIpc) is 2.48. The van der Waals surface area contributed by atoms with Crippen molar-refractivity contribution in [2.75, 3.05) is 5.32 Å². The zero-order chi connectivity index (χ0) is 17.1. The predicted octanol–water partition coefficient (Wildman–Crippen LogP) is 2.28. The number of amides is 1.